The van der Waals surface area contributed by atoms with Crippen LogP contribution >= 0.6 is 0 Å². The molecule has 1 rings (SSSR count). The maximum Gasteiger partial charge on any atom is 0.573 e. The van der Waals surface area contributed by atoms with Crippen molar-refractivity contribution in [2.75, 3.05) is 11.5 Å². The minimum absolute atomic E-state index is 0.259. The van der Waals surface area contributed by atoms with E-state index in [1.54, 1.807) is 0 Å². The summed E-state index contributed by atoms with van der Waals surface area (Å²) in [6.07, 6.45) is -4.91. The van der Waals surface area contributed by atoms with Crippen molar-refractivity contribution in [3.8, 4) is 11.8 Å². The molecule has 1 heterocycles. The van der Waals surface area contributed by atoms with Crippen molar-refractivity contribution < 1.29 is 17.9 Å². The van der Waals surface area contributed by atoms with Gasteiger partial charge in [-0.25, -0.2) is 4.98 Å². The van der Waals surface area contributed by atoms with Crippen molar-refractivity contribution in [2.45, 2.75) is 6.36 Å². The molecule has 0 aliphatic heterocycles. The van der Waals surface area contributed by atoms with Gasteiger partial charge in [0.15, 0.2) is 5.75 Å². The van der Waals surface area contributed by atoms with E-state index in [0.29, 0.717) is 0 Å². The fourth-order valence-corrected chi connectivity index (χ4v) is 0.878. The van der Waals surface area contributed by atoms with E-state index in [0.717, 1.165) is 6.07 Å². The highest BCUT2D eigenvalue weighted by Crippen LogP contribution is 2.29. The first kappa shape index (κ1) is 10.9. The topological polar surface area (TPSA) is 97.9 Å². The minimum Gasteiger partial charge on any atom is -0.404 e. The zero-order valence-electron chi connectivity index (χ0n) is 7.17. The van der Waals surface area contributed by atoms with Gasteiger partial charge in [-0.15, -0.1) is 13.2 Å². The molecule has 1 aromatic rings. The number of anilines is 2. The van der Waals surface area contributed by atoms with Crippen LogP contribution in [0.15, 0.2) is 6.07 Å². The summed E-state index contributed by atoms with van der Waals surface area (Å²) in [6, 6.07) is 2.23. The average Bonchev–Trinajstić information content (AvgIpc) is 1.99. The summed E-state index contributed by atoms with van der Waals surface area (Å²) < 4.78 is 39.2. The van der Waals surface area contributed by atoms with E-state index >= 15 is 0 Å². The number of hydrogen-bond donors (Lipinski definition) is 2. The molecule has 0 bridgehead atoms. The van der Waals surface area contributed by atoms with Gasteiger partial charge in [0.05, 0.1) is 0 Å². The Morgan fingerprint density at radius 3 is 2.47 bits per heavy atom. The van der Waals surface area contributed by atoms with Gasteiger partial charge < -0.3 is 16.2 Å². The molecule has 8 heteroatoms. The number of hydrogen-bond acceptors (Lipinski definition) is 5. The number of nitriles is 1. The van der Waals surface area contributed by atoms with Crippen LogP contribution < -0.4 is 16.2 Å². The zero-order chi connectivity index (χ0) is 11.6. The van der Waals surface area contributed by atoms with Gasteiger partial charge in [-0.1, -0.05) is 0 Å². The van der Waals surface area contributed by atoms with Gasteiger partial charge in [-0.2, -0.15) is 5.26 Å². The molecule has 0 spiro atoms. The van der Waals surface area contributed by atoms with Gasteiger partial charge in [0.2, 0.25) is 0 Å². The number of rotatable bonds is 1. The Balaban J connectivity index is 3.23. The number of pyridine rings is 1. The Labute approximate surface area is 82.1 Å². The second kappa shape index (κ2) is 3.53. The van der Waals surface area contributed by atoms with Crippen LogP contribution in [0, 0.1) is 11.3 Å². The van der Waals surface area contributed by atoms with Crippen molar-refractivity contribution in [3.63, 3.8) is 0 Å². The third-order valence-corrected chi connectivity index (χ3v) is 1.37. The van der Waals surface area contributed by atoms with E-state index in [9.17, 15) is 13.2 Å². The summed E-state index contributed by atoms with van der Waals surface area (Å²) in [4.78, 5) is 3.42. The van der Waals surface area contributed by atoms with Crippen LogP contribution in [0.4, 0.5) is 24.8 Å². The molecule has 0 atom stereocenters. The predicted octanol–water partition coefficient (Wildman–Crippen LogP) is 1.02. The van der Waals surface area contributed by atoms with E-state index in [4.69, 9.17) is 16.7 Å². The van der Waals surface area contributed by atoms with Crippen molar-refractivity contribution in [2.24, 2.45) is 0 Å². The van der Waals surface area contributed by atoms with Gasteiger partial charge in [-0.05, 0) is 0 Å². The van der Waals surface area contributed by atoms with Crippen LogP contribution in [0.25, 0.3) is 0 Å². The number of halogens is 3. The monoisotopic (exact) mass is 218 g/mol. The van der Waals surface area contributed by atoms with Crippen LogP contribution in [-0.2, 0) is 0 Å². The van der Waals surface area contributed by atoms with Crippen molar-refractivity contribution in [1.82, 2.24) is 4.98 Å². The molecular weight excluding hydrogens is 213 g/mol. The van der Waals surface area contributed by atoms with Crippen molar-refractivity contribution in [3.05, 3.63) is 11.6 Å². The Kier molecular flexibility index (Phi) is 2.57. The maximum atomic E-state index is 11.9. The molecule has 0 aromatic carbocycles. The summed E-state index contributed by atoms with van der Waals surface area (Å²) in [5.41, 5.74) is 9.85. The maximum absolute atomic E-state index is 11.9. The SMILES string of the molecule is N#Cc1c(OC(F)(F)F)cc(N)nc1N. The van der Waals surface area contributed by atoms with Crippen LogP contribution in [0.1, 0.15) is 5.56 Å². The van der Waals surface area contributed by atoms with E-state index in [1.165, 1.54) is 6.07 Å². The second-order valence-electron chi connectivity index (χ2n) is 2.47. The number of ether oxygens (including phenoxy) is 1. The lowest BCUT2D eigenvalue weighted by molar-refractivity contribution is -0.274. The van der Waals surface area contributed by atoms with E-state index in [2.05, 4.69) is 9.72 Å². The Morgan fingerprint density at radius 1 is 1.40 bits per heavy atom. The van der Waals surface area contributed by atoms with E-state index in [1.807, 2.05) is 0 Å². The normalized spacial score (nSPS) is 10.8. The second-order valence-corrected chi connectivity index (χ2v) is 2.47. The number of nitrogens with zero attached hydrogens (tertiary/aromatic N) is 2. The largest absolute Gasteiger partial charge is 0.573 e. The molecule has 0 fully saturated rings. The Bertz CT molecular complexity index is 423. The smallest absolute Gasteiger partial charge is 0.404 e. The third kappa shape index (κ3) is 2.63. The molecule has 4 N–H and O–H groups in total. The lowest BCUT2D eigenvalue weighted by Gasteiger charge is -2.11. The first-order valence-corrected chi connectivity index (χ1v) is 3.55. The fourth-order valence-electron chi connectivity index (χ4n) is 0.878. The molecule has 1 aromatic heterocycles. The van der Waals surface area contributed by atoms with Crippen LogP contribution in [0.5, 0.6) is 5.75 Å². The summed E-state index contributed by atoms with van der Waals surface area (Å²) in [7, 11) is 0. The van der Waals surface area contributed by atoms with E-state index in [-0.39, 0.29) is 5.82 Å². The van der Waals surface area contributed by atoms with Crippen LogP contribution in [0.3, 0.4) is 0 Å². The molecule has 0 amide bonds. The number of aromatic nitrogens is 1. The summed E-state index contributed by atoms with van der Waals surface area (Å²) in [6.45, 7) is 0. The van der Waals surface area contributed by atoms with Gasteiger partial charge in [0.1, 0.15) is 23.3 Å². The molecule has 5 nitrogen and oxygen atoms in total. The van der Waals surface area contributed by atoms with Crippen LogP contribution in [0.2, 0.25) is 0 Å². The number of nitrogen functional groups attached to an aromatic ring is 2. The van der Waals surface area contributed by atoms with Gasteiger partial charge in [0, 0.05) is 6.07 Å². The molecule has 0 aliphatic rings. The van der Waals surface area contributed by atoms with E-state index < -0.39 is 23.5 Å². The molecule has 0 saturated carbocycles. The van der Waals surface area contributed by atoms with Gasteiger partial charge in [0.25, 0.3) is 0 Å². The fraction of sp³-hybridized carbons (Fsp3) is 0.143. The average molecular weight is 218 g/mol. The standard InChI is InChI=1S/C7H5F3N4O/c8-7(9,10)15-4-1-5(12)14-6(13)3(4)2-11/h1H,(H4,12,13,14). The lowest BCUT2D eigenvalue weighted by Crippen LogP contribution is -2.18. The van der Waals surface area contributed by atoms with Crippen molar-refractivity contribution >= 4 is 11.6 Å². The molecule has 0 radical (unpaired) electrons. The molecule has 80 valence electrons. The Hall–Kier alpha value is -2.17. The lowest BCUT2D eigenvalue weighted by atomic mass is 10.2. The first-order valence-electron chi connectivity index (χ1n) is 3.55. The third-order valence-electron chi connectivity index (χ3n) is 1.37. The predicted molar refractivity (Wildman–Crippen MR) is 44.5 cm³/mol. The highest BCUT2D eigenvalue weighted by molar-refractivity contribution is 5.61. The Morgan fingerprint density at radius 2 is 2.00 bits per heavy atom. The summed E-state index contributed by atoms with van der Waals surface area (Å²) in [5, 5.41) is 8.53. The molecular formula is C7H5F3N4O. The first-order chi connectivity index (χ1) is 6.83. The summed E-state index contributed by atoms with van der Waals surface area (Å²) >= 11 is 0. The summed E-state index contributed by atoms with van der Waals surface area (Å²) in [5.74, 6) is -1.42. The quantitative estimate of drug-likeness (QED) is 0.733. The van der Waals surface area contributed by atoms with Crippen LogP contribution in [-0.4, -0.2) is 11.3 Å². The van der Waals surface area contributed by atoms with Gasteiger partial charge >= 0.3 is 6.36 Å². The highest BCUT2D eigenvalue weighted by Gasteiger charge is 2.33. The zero-order valence-corrected chi connectivity index (χ0v) is 7.17. The molecule has 0 saturated heterocycles. The molecule has 15 heavy (non-hydrogen) atoms. The molecule has 0 aliphatic carbocycles. The number of nitrogens with two attached hydrogens (primary N) is 2. The minimum atomic E-state index is -4.91. The van der Waals surface area contributed by atoms with Gasteiger partial charge in [-0.3, -0.25) is 0 Å². The number of alkyl halides is 3. The highest BCUT2D eigenvalue weighted by atomic mass is 19.4. The van der Waals surface area contributed by atoms with Crippen molar-refractivity contribution in [1.29, 1.82) is 5.26 Å². The molecule has 0 unspecified atom stereocenters.